The van der Waals surface area contributed by atoms with E-state index in [-0.39, 0.29) is 11.3 Å². The van der Waals surface area contributed by atoms with Gasteiger partial charge < -0.3 is 20.1 Å². The third-order valence-electron chi connectivity index (χ3n) is 5.38. The maximum absolute atomic E-state index is 12.5. The minimum absolute atomic E-state index is 0.114. The highest BCUT2D eigenvalue weighted by Gasteiger charge is 2.52. The van der Waals surface area contributed by atoms with Crippen LogP contribution in [0.2, 0.25) is 0 Å². The summed E-state index contributed by atoms with van der Waals surface area (Å²) >= 11 is 1.73. The van der Waals surface area contributed by atoms with Crippen LogP contribution in [0.1, 0.15) is 11.3 Å². The SMILES string of the molecule is O=C(C[C@]12COC[C@H]1CN(c1ncccn1)C2)NCCc1cccs1.O=C(O)C(F)(F)F. The Labute approximate surface area is 186 Å². The van der Waals surface area contributed by atoms with E-state index in [1.165, 1.54) is 4.88 Å². The smallest absolute Gasteiger partial charge is 0.475 e. The number of thiophene rings is 1. The zero-order valence-corrected chi connectivity index (χ0v) is 17.9. The van der Waals surface area contributed by atoms with Crippen LogP contribution < -0.4 is 10.2 Å². The Bertz CT molecular complexity index is 898. The lowest BCUT2D eigenvalue weighted by molar-refractivity contribution is -0.192. The highest BCUT2D eigenvalue weighted by Crippen LogP contribution is 2.44. The summed E-state index contributed by atoms with van der Waals surface area (Å²) in [6.45, 7) is 3.67. The Balaban J connectivity index is 0.000000360. The molecule has 2 aliphatic heterocycles. The molecule has 2 saturated heterocycles. The number of hydrogen-bond acceptors (Lipinski definition) is 7. The number of fused-ring (bicyclic) bond motifs is 1. The van der Waals surface area contributed by atoms with Crippen LogP contribution in [0.15, 0.2) is 36.0 Å². The molecule has 2 aliphatic rings. The number of nitrogens with one attached hydrogen (secondary N) is 1. The molecular formula is C20H23F3N4O4S. The van der Waals surface area contributed by atoms with Crippen LogP contribution in [0.4, 0.5) is 19.1 Å². The van der Waals surface area contributed by atoms with E-state index in [2.05, 4.69) is 31.6 Å². The van der Waals surface area contributed by atoms with Gasteiger partial charge in [-0.3, -0.25) is 4.79 Å². The first-order valence-corrected chi connectivity index (χ1v) is 10.8. The Hall–Kier alpha value is -2.73. The zero-order chi connectivity index (χ0) is 23.2. The molecule has 0 aromatic carbocycles. The van der Waals surface area contributed by atoms with Gasteiger partial charge in [-0.15, -0.1) is 11.3 Å². The molecule has 0 radical (unpaired) electrons. The van der Waals surface area contributed by atoms with Gasteiger partial charge in [0.15, 0.2) is 0 Å². The highest BCUT2D eigenvalue weighted by atomic mass is 32.1. The monoisotopic (exact) mass is 472 g/mol. The number of carbonyl (C=O) groups is 2. The molecule has 0 aliphatic carbocycles. The normalized spacial score (nSPS) is 22.1. The van der Waals surface area contributed by atoms with Crippen LogP contribution in [0.3, 0.4) is 0 Å². The average Bonchev–Trinajstić information content (AvgIpc) is 3.44. The number of nitrogens with zero attached hydrogens (tertiary/aromatic N) is 3. The summed E-state index contributed by atoms with van der Waals surface area (Å²) in [5.41, 5.74) is -0.119. The van der Waals surface area contributed by atoms with Gasteiger partial charge in [0.1, 0.15) is 0 Å². The number of carboxylic acids is 1. The van der Waals surface area contributed by atoms with E-state index in [0.29, 0.717) is 32.1 Å². The summed E-state index contributed by atoms with van der Waals surface area (Å²) < 4.78 is 37.5. The van der Waals surface area contributed by atoms with Gasteiger partial charge in [0.2, 0.25) is 11.9 Å². The quantitative estimate of drug-likeness (QED) is 0.665. The molecule has 174 valence electrons. The lowest BCUT2D eigenvalue weighted by atomic mass is 9.78. The number of aromatic nitrogens is 2. The summed E-state index contributed by atoms with van der Waals surface area (Å²) in [6.07, 6.45) is -0.167. The molecule has 2 fully saturated rings. The highest BCUT2D eigenvalue weighted by molar-refractivity contribution is 7.09. The predicted molar refractivity (Wildman–Crippen MR) is 110 cm³/mol. The second-order valence-corrected chi connectivity index (χ2v) is 8.69. The second kappa shape index (κ2) is 10.3. The van der Waals surface area contributed by atoms with Crippen molar-refractivity contribution in [3.8, 4) is 0 Å². The van der Waals surface area contributed by atoms with Gasteiger partial charge >= 0.3 is 12.1 Å². The number of anilines is 1. The van der Waals surface area contributed by atoms with Gasteiger partial charge in [-0.1, -0.05) is 6.07 Å². The largest absolute Gasteiger partial charge is 0.490 e. The number of rotatable bonds is 6. The first-order valence-electron chi connectivity index (χ1n) is 9.88. The van der Waals surface area contributed by atoms with E-state index >= 15 is 0 Å². The fourth-order valence-electron chi connectivity index (χ4n) is 3.85. The molecule has 0 saturated carbocycles. The number of amides is 1. The van der Waals surface area contributed by atoms with Crippen molar-refractivity contribution in [3.63, 3.8) is 0 Å². The summed E-state index contributed by atoms with van der Waals surface area (Å²) in [7, 11) is 0. The Morgan fingerprint density at radius 2 is 2.03 bits per heavy atom. The molecule has 12 heteroatoms. The molecule has 2 aromatic rings. The fourth-order valence-corrected chi connectivity index (χ4v) is 4.56. The van der Waals surface area contributed by atoms with Crippen LogP contribution in [0, 0.1) is 11.3 Å². The summed E-state index contributed by atoms with van der Waals surface area (Å²) in [4.78, 5) is 33.6. The standard InChI is InChI=1S/C18H22N4O2S.C2HF3O2/c23-16(19-7-4-15-3-1-8-25-15)9-18-12-22(10-14(18)11-24-13-18)17-20-5-2-6-21-17;3-2(4,5)1(6)7/h1-3,5-6,8,14H,4,7,9-13H2,(H,19,23);(H,6,7)/t14-,18+;/m1./s1. The van der Waals surface area contributed by atoms with Gasteiger partial charge in [0.25, 0.3) is 0 Å². The number of alkyl halides is 3. The van der Waals surface area contributed by atoms with Gasteiger partial charge in [-0.25, -0.2) is 14.8 Å². The number of aliphatic carboxylic acids is 1. The maximum atomic E-state index is 12.5. The zero-order valence-electron chi connectivity index (χ0n) is 17.0. The molecule has 4 rings (SSSR count). The van der Waals surface area contributed by atoms with Gasteiger partial charge in [-0.05, 0) is 23.9 Å². The molecule has 2 atom stereocenters. The van der Waals surface area contributed by atoms with Crippen molar-refractivity contribution in [1.82, 2.24) is 15.3 Å². The molecule has 32 heavy (non-hydrogen) atoms. The van der Waals surface area contributed by atoms with Crippen LogP contribution in [-0.2, 0) is 20.7 Å². The summed E-state index contributed by atoms with van der Waals surface area (Å²) in [6, 6.07) is 5.96. The van der Waals surface area contributed by atoms with E-state index in [9.17, 15) is 18.0 Å². The Morgan fingerprint density at radius 3 is 2.66 bits per heavy atom. The first-order chi connectivity index (χ1) is 15.2. The van der Waals surface area contributed by atoms with Crippen molar-refractivity contribution >= 4 is 29.2 Å². The molecule has 0 unspecified atom stereocenters. The second-order valence-electron chi connectivity index (χ2n) is 7.66. The molecule has 2 N–H and O–H groups in total. The Kier molecular flexibility index (Phi) is 7.67. The minimum Gasteiger partial charge on any atom is -0.475 e. The summed E-state index contributed by atoms with van der Waals surface area (Å²) in [5.74, 6) is -1.54. The number of hydrogen-bond donors (Lipinski definition) is 2. The molecule has 2 aromatic heterocycles. The number of carbonyl (C=O) groups excluding carboxylic acids is 1. The van der Waals surface area contributed by atoms with Crippen molar-refractivity contribution in [2.45, 2.75) is 19.0 Å². The van der Waals surface area contributed by atoms with Crippen molar-refractivity contribution in [2.24, 2.45) is 11.3 Å². The van der Waals surface area contributed by atoms with Crippen LogP contribution >= 0.6 is 11.3 Å². The van der Waals surface area contributed by atoms with E-state index in [0.717, 1.165) is 25.5 Å². The van der Waals surface area contributed by atoms with Crippen molar-refractivity contribution in [1.29, 1.82) is 0 Å². The van der Waals surface area contributed by atoms with E-state index in [1.54, 1.807) is 23.7 Å². The molecule has 4 heterocycles. The van der Waals surface area contributed by atoms with Crippen LogP contribution in [0.25, 0.3) is 0 Å². The van der Waals surface area contributed by atoms with Crippen molar-refractivity contribution in [2.75, 3.05) is 37.7 Å². The van der Waals surface area contributed by atoms with E-state index in [4.69, 9.17) is 14.6 Å². The number of ether oxygens (including phenoxy) is 1. The molecule has 0 spiro atoms. The van der Waals surface area contributed by atoms with Gasteiger partial charge in [0.05, 0.1) is 13.2 Å². The minimum atomic E-state index is -5.08. The van der Waals surface area contributed by atoms with Gasteiger partial charge in [0, 0.05) is 54.7 Å². The van der Waals surface area contributed by atoms with E-state index < -0.39 is 12.1 Å². The molecular weight excluding hydrogens is 449 g/mol. The predicted octanol–water partition coefficient (Wildman–Crippen LogP) is 2.37. The van der Waals surface area contributed by atoms with Gasteiger partial charge in [-0.2, -0.15) is 13.2 Å². The number of carboxylic acid groups (broad SMARTS) is 1. The van der Waals surface area contributed by atoms with Crippen molar-refractivity contribution in [3.05, 3.63) is 40.8 Å². The first kappa shape index (κ1) is 23.9. The summed E-state index contributed by atoms with van der Waals surface area (Å²) in [5, 5.41) is 12.3. The van der Waals surface area contributed by atoms with Crippen LogP contribution in [0.5, 0.6) is 0 Å². The topological polar surface area (TPSA) is 105 Å². The average molecular weight is 472 g/mol. The van der Waals surface area contributed by atoms with Crippen molar-refractivity contribution < 1.29 is 32.6 Å². The molecule has 8 nitrogen and oxygen atoms in total. The third kappa shape index (κ3) is 6.16. The lowest BCUT2D eigenvalue weighted by Crippen LogP contribution is -2.38. The Morgan fingerprint density at radius 1 is 1.31 bits per heavy atom. The maximum Gasteiger partial charge on any atom is 0.490 e. The number of halogens is 3. The molecule has 0 bridgehead atoms. The third-order valence-corrected chi connectivity index (χ3v) is 6.32. The van der Waals surface area contributed by atoms with E-state index in [1.807, 2.05) is 12.1 Å². The lowest BCUT2D eigenvalue weighted by Gasteiger charge is -2.26. The fraction of sp³-hybridized carbons (Fsp3) is 0.500. The van der Waals surface area contributed by atoms with Crippen LogP contribution in [-0.4, -0.2) is 66.0 Å². The molecule has 1 amide bonds.